The van der Waals surface area contributed by atoms with Crippen molar-refractivity contribution in [3.05, 3.63) is 58.7 Å². The largest absolute Gasteiger partial charge is 0.493 e. The van der Waals surface area contributed by atoms with Crippen LogP contribution in [0.5, 0.6) is 11.5 Å². The normalized spacial score (nSPS) is 15.2. The van der Waals surface area contributed by atoms with Gasteiger partial charge in [-0.15, -0.1) is 0 Å². The fourth-order valence-corrected chi connectivity index (χ4v) is 3.79. The molecule has 0 aliphatic carbocycles. The van der Waals surface area contributed by atoms with Gasteiger partial charge in [0.2, 0.25) is 0 Å². The van der Waals surface area contributed by atoms with Gasteiger partial charge in [0.15, 0.2) is 11.5 Å². The fraction of sp³-hybridized carbons (Fsp3) is 0.375. The molecule has 1 heterocycles. The first-order valence-electron chi connectivity index (χ1n) is 10.7. The number of fused-ring (bicyclic) bond motifs is 1. The van der Waals surface area contributed by atoms with E-state index in [9.17, 15) is 9.59 Å². The van der Waals surface area contributed by atoms with Crippen molar-refractivity contribution in [2.45, 2.75) is 19.4 Å². The number of nitrogens with one attached hydrogen (secondary N) is 1. The third-order valence-corrected chi connectivity index (χ3v) is 5.61. The van der Waals surface area contributed by atoms with E-state index < -0.39 is 0 Å². The highest BCUT2D eigenvalue weighted by Crippen LogP contribution is 2.34. The Kier molecular flexibility index (Phi) is 7.55. The number of rotatable bonds is 6. The molecule has 176 valence electrons. The van der Waals surface area contributed by atoms with Crippen LogP contribution in [0.4, 0.5) is 4.79 Å². The molecule has 0 radical (unpaired) electrons. The summed E-state index contributed by atoms with van der Waals surface area (Å²) in [7, 11) is 6.36. The van der Waals surface area contributed by atoms with Gasteiger partial charge in [0.25, 0.3) is 5.91 Å². The molecule has 9 heteroatoms. The average molecular weight is 455 g/mol. The summed E-state index contributed by atoms with van der Waals surface area (Å²) in [5.41, 5.74) is 3.61. The minimum atomic E-state index is -0.316. The van der Waals surface area contributed by atoms with E-state index in [1.807, 2.05) is 19.1 Å². The molecular weight excluding hydrogens is 424 g/mol. The zero-order valence-electron chi connectivity index (χ0n) is 19.6. The lowest BCUT2D eigenvalue weighted by molar-refractivity contribution is 0.0767. The van der Waals surface area contributed by atoms with Crippen LogP contribution in [0, 0.1) is 0 Å². The first-order chi connectivity index (χ1) is 15.8. The first kappa shape index (κ1) is 24.1. The Hall–Kier alpha value is -3.59. The standard InChI is InChI=1S/C24H30N4O5/c1-15-12-18-13-20(32-4)21(33-5)14-19(18)22(26-28(15)24(31)25-2)16-6-8-17(9-7-16)23(30)27(3)10-11-29/h6-9,13-15,29H,10-12H2,1-5H3,(H,25,31)/t15-/m1/s1. The van der Waals surface area contributed by atoms with Gasteiger partial charge in [-0.25, -0.2) is 9.80 Å². The summed E-state index contributed by atoms with van der Waals surface area (Å²) in [6, 6.07) is 10.3. The average Bonchev–Trinajstić information content (AvgIpc) is 2.97. The van der Waals surface area contributed by atoms with E-state index in [0.717, 1.165) is 16.7 Å². The Labute approximate surface area is 193 Å². The van der Waals surface area contributed by atoms with E-state index in [-0.39, 0.29) is 31.1 Å². The minimum absolute atomic E-state index is 0.104. The van der Waals surface area contributed by atoms with Crippen molar-refractivity contribution in [2.75, 3.05) is 41.5 Å². The van der Waals surface area contributed by atoms with Crippen LogP contribution >= 0.6 is 0 Å². The highest BCUT2D eigenvalue weighted by atomic mass is 16.5. The molecule has 2 aromatic rings. The minimum Gasteiger partial charge on any atom is -0.493 e. The summed E-state index contributed by atoms with van der Waals surface area (Å²) < 4.78 is 11.0. The van der Waals surface area contributed by atoms with E-state index in [0.29, 0.717) is 29.2 Å². The Morgan fingerprint density at radius 3 is 2.39 bits per heavy atom. The molecule has 3 rings (SSSR count). The topological polar surface area (TPSA) is 104 Å². The van der Waals surface area contributed by atoms with Gasteiger partial charge in [-0.2, -0.15) is 5.10 Å². The second-order valence-corrected chi connectivity index (χ2v) is 7.79. The van der Waals surface area contributed by atoms with Crippen molar-refractivity contribution in [2.24, 2.45) is 5.10 Å². The number of methoxy groups -OCH3 is 2. The number of hydrogen-bond acceptors (Lipinski definition) is 6. The summed E-state index contributed by atoms with van der Waals surface area (Å²) in [5.74, 6) is 0.970. The SMILES string of the molecule is CNC(=O)N1N=C(c2ccc(C(=O)N(C)CCO)cc2)c2cc(OC)c(OC)cc2C[C@H]1C. The van der Waals surface area contributed by atoms with Crippen LogP contribution in [0.1, 0.15) is 34.0 Å². The maximum atomic E-state index is 12.6. The summed E-state index contributed by atoms with van der Waals surface area (Å²) in [6.45, 7) is 2.08. The van der Waals surface area contributed by atoms with Gasteiger partial charge in [0.05, 0.1) is 32.6 Å². The Morgan fingerprint density at radius 1 is 1.18 bits per heavy atom. The van der Waals surface area contributed by atoms with Gasteiger partial charge in [-0.3, -0.25) is 4.79 Å². The highest BCUT2D eigenvalue weighted by molar-refractivity contribution is 6.15. The molecule has 1 aliphatic rings. The van der Waals surface area contributed by atoms with Crippen molar-refractivity contribution in [3.63, 3.8) is 0 Å². The predicted octanol–water partition coefficient (Wildman–Crippen LogP) is 2.11. The van der Waals surface area contributed by atoms with Gasteiger partial charge >= 0.3 is 6.03 Å². The lowest BCUT2D eigenvalue weighted by Gasteiger charge is -2.22. The molecule has 0 saturated heterocycles. The van der Waals surface area contributed by atoms with Gasteiger partial charge in [-0.05, 0) is 43.2 Å². The lowest BCUT2D eigenvalue weighted by atomic mass is 9.93. The van der Waals surface area contributed by atoms with Crippen molar-refractivity contribution in [3.8, 4) is 11.5 Å². The van der Waals surface area contributed by atoms with Gasteiger partial charge in [0, 0.05) is 37.3 Å². The van der Waals surface area contributed by atoms with E-state index in [4.69, 9.17) is 19.7 Å². The lowest BCUT2D eigenvalue weighted by Crippen LogP contribution is -2.41. The van der Waals surface area contributed by atoms with Crippen molar-refractivity contribution in [1.29, 1.82) is 0 Å². The second kappa shape index (κ2) is 10.4. The second-order valence-electron chi connectivity index (χ2n) is 7.79. The number of likely N-dealkylation sites (N-methyl/N-ethyl adjacent to an activating group) is 1. The third kappa shape index (κ3) is 4.93. The van der Waals surface area contributed by atoms with Gasteiger partial charge in [0.1, 0.15) is 0 Å². The van der Waals surface area contributed by atoms with Crippen LogP contribution in [-0.2, 0) is 6.42 Å². The van der Waals surface area contributed by atoms with E-state index in [1.54, 1.807) is 52.6 Å². The first-order valence-corrected chi connectivity index (χ1v) is 10.7. The maximum absolute atomic E-state index is 12.6. The Balaban J connectivity index is 2.12. The molecular formula is C24H30N4O5. The number of hydrogen-bond donors (Lipinski definition) is 2. The van der Waals surface area contributed by atoms with Crippen molar-refractivity contribution >= 4 is 17.6 Å². The predicted molar refractivity (Wildman–Crippen MR) is 125 cm³/mol. The number of benzene rings is 2. The third-order valence-electron chi connectivity index (χ3n) is 5.61. The van der Waals surface area contributed by atoms with E-state index in [1.165, 1.54) is 9.91 Å². The van der Waals surface area contributed by atoms with E-state index >= 15 is 0 Å². The van der Waals surface area contributed by atoms with Gasteiger partial charge < -0.3 is 24.8 Å². The smallest absolute Gasteiger partial charge is 0.337 e. The number of hydrazone groups is 1. The number of aliphatic hydroxyl groups is 1. The number of ether oxygens (including phenoxy) is 2. The number of aliphatic hydroxyl groups excluding tert-OH is 1. The molecule has 0 aromatic heterocycles. The number of carbonyl (C=O) groups is 2. The molecule has 3 amide bonds. The highest BCUT2D eigenvalue weighted by Gasteiger charge is 2.28. The quantitative estimate of drug-likeness (QED) is 0.696. The van der Waals surface area contributed by atoms with E-state index in [2.05, 4.69) is 5.32 Å². The van der Waals surface area contributed by atoms with Crippen LogP contribution in [0.25, 0.3) is 0 Å². The molecule has 0 spiro atoms. The van der Waals surface area contributed by atoms with Crippen LogP contribution < -0.4 is 14.8 Å². The zero-order chi connectivity index (χ0) is 24.1. The molecule has 0 bridgehead atoms. The van der Waals surface area contributed by atoms with Crippen LogP contribution in [0.2, 0.25) is 0 Å². The molecule has 0 fully saturated rings. The molecule has 33 heavy (non-hydrogen) atoms. The van der Waals surface area contributed by atoms with Crippen LogP contribution in [0.15, 0.2) is 41.5 Å². The molecule has 1 aliphatic heterocycles. The Bertz CT molecular complexity index is 1050. The maximum Gasteiger partial charge on any atom is 0.337 e. The van der Waals surface area contributed by atoms with Crippen molar-refractivity contribution < 1.29 is 24.2 Å². The van der Waals surface area contributed by atoms with Gasteiger partial charge in [-0.1, -0.05) is 12.1 Å². The molecule has 0 unspecified atom stereocenters. The molecule has 1 atom stereocenters. The Morgan fingerprint density at radius 2 is 1.82 bits per heavy atom. The number of amides is 3. The monoisotopic (exact) mass is 454 g/mol. The number of nitrogens with zero attached hydrogens (tertiary/aromatic N) is 3. The summed E-state index contributed by atoms with van der Waals surface area (Å²) in [5, 5.41) is 17.9. The summed E-state index contributed by atoms with van der Waals surface area (Å²) in [6.07, 6.45) is 0.568. The zero-order valence-corrected chi connectivity index (χ0v) is 19.6. The molecule has 2 N–H and O–H groups in total. The fourth-order valence-electron chi connectivity index (χ4n) is 3.79. The summed E-state index contributed by atoms with van der Waals surface area (Å²) in [4.78, 5) is 26.6. The summed E-state index contributed by atoms with van der Waals surface area (Å²) >= 11 is 0. The van der Waals surface area contributed by atoms with Crippen LogP contribution in [-0.4, -0.2) is 80.2 Å². The van der Waals surface area contributed by atoms with Crippen molar-refractivity contribution in [1.82, 2.24) is 15.2 Å². The van der Waals surface area contributed by atoms with Crippen LogP contribution in [0.3, 0.4) is 0 Å². The molecule has 0 saturated carbocycles. The molecule has 9 nitrogen and oxygen atoms in total. The number of urea groups is 1. The molecule has 2 aromatic carbocycles. The number of carbonyl (C=O) groups excluding carboxylic acids is 2.